The van der Waals surface area contributed by atoms with Crippen LogP contribution in [0.25, 0.3) is 11.8 Å². The number of aromatic nitrogens is 1. The number of aryl methyl sites for hydroxylation is 1. The third kappa shape index (κ3) is 4.47. The van der Waals surface area contributed by atoms with Gasteiger partial charge in [-0.3, -0.25) is 4.79 Å². The normalized spacial score (nSPS) is 19.8. The highest BCUT2D eigenvalue weighted by molar-refractivity contribution is 6.34. The average Bonchev–Trinajstić information content (AvgIpc) is 3.42. The minimum absolute atomic E-state index is 0.0280. The molecule has 1 aromatic carbocycles. The molecule has 3 heterocycles. The van der Waals surface area contributed by atoms with E-state index in [9.17, 15) is 9.59 Å². The molecule has 2 aromatic rings. The lowest BCUT2D eigenvalue weighted by Gasteiger charge is -2.21. The highest BCUT2D eigenvalue weighted by Crippen LogP contribution is 2.34. The van der Waals surface area contributed by atoms with E-state index in [1.165, 1.54) is 7.11 Å². The lowest BCUT2D eigenvalue weighted by molar-refractivity contribution is -0.136. The summed E-state index contributed by atoms with van der Waals surface area (Å²) in [4.78, 5) is 27.7. The second-order valence-electron chi connectivity index (χ2n) is 8.35. The van der Waals surface area contributed by atoms with Gasteiger partial charge in [-0.2, -0.15) is 0 Å². The molecule has 1 fully saturated rings. The standard InChI is InChI=1S/C25H26Cl2N2O4/c1-14-8-17(15(2)29(14)20-11-18(26)10-19(27)12-20)9-22-23(25(31)32-4)16(3)28(24(22)30)13-21-6-5-7-33-21/h8-12,21H,5-7,13H2,1-4H3. The number of benzene rings is 1. The number of carbonyl (C=O) groups excluding carboxylic acids is 2. The fourth-order valence-electron chi connectivity index (χ4n) is 4.59. The second kappa shape index (κ2) is 9.37. The molecule has 1 amide bonds. The van der Waals surface area contributed by atoms with Crippen LogP contribution >= 0.6 is 23.2 Å². The maximum atomic E-state index is 13.4. The lowest BCUT2D eigenvalue weighted by atomic mass is 10.0. The van der Waals surface area contributed by atoms with Gasteiger partial charge in [0.15, 0.2) is 0 Å². The van der Waals surface area contributed by atoms with Crippen LogP contribution in [0, 0.1) is 13.8 Å². The average molecular weight is 489 g/mol. The SMILES string of the molecule is COC(=O)C1=C(C)N(CC2CCCO2)C(=O)C1=Cc1cc(C)n(-c2cc(Cl)cc(Cl)c2)c1C. The topological polar surface area (TPSA) is 60.8 Å². The van der Waals surface area contributed by atoms with Crippen molar-refractivity contribution in [1.82, 2.24) is 9.47 Å². The van der Waals surface area contributed by atoms with Crippen molar-refractivity contribution >= 4 is 41.2 Å². The molecule has 2 aliphatic rings. The number of nitrogens with zero attached hydrogens (tertiary/aromatic N) is 2. The van der Waals surface area contributed by atoms with Crippen LogP contribution in [-0.2, 0) is 19.1 Å². The van der Waals surface area contributed by atoms with Gasteiger partial charge in [-0.25, -0.2) is 4.79 Å². The van der Waals surface area contributed by atoms with Gasteiger partial charge in [0.05, 0.1) is 30.9 Å². The van der Waals surface area contributed by atoms with Crippen molar-refractivity contribution in [2.75, 3.05) is 20.3 Å². The van der Waals surface area contributed by atoms with Crippen molar-refractivity contribution in [3.05, 3.63) is 68.1 Å². The Balaban J connectivity index is 1.77. The summed E-state index contributed by atoms with van der Waals surface area (Å²) < 4.78 is 12.7. The maximum absolute atomic E-state index is 13.4. The minimum atomic E-state index is -0.530. The predicted octanol–water partition coefficient (Wildman–Crippen LogP) is 5.25. The van der Waals surface area contributed by atoms with E-state index in [1.807, 2.05) is 36.6 Å². The Morgan fingerprint density at radius 1 is 1.18 bits per heavy atom. The zero-order valence-corrected chi connectivity index (χ0v) is 20.6. The Hall–Kier alpha value is -2.54. The van der Waals surface area contributed by atoms with E-state index in [0.717, 1.165) is 35.5 Å². The first-order valence-corrected chi connectivity index (χ1v) is 11.6. The number of rotatable bonds is 5. The number of carbonyl (C=O) groups is 2. The largest absolute Gasteiger partial charge is 0.465 e. The molecular formula is C25H26Cl2N2O4. The number of esters is 1. The molecule has 0 spiro atoms. The third-order valence-electron chi connectivity index (χ3n) is 6.19. The fraction of sp³-hybridized carbons (Fsp3) is 0.360. The molecule has 0 bridgehead atoms. The summed E-state index contributed by atoms with van der Waals surface area (Å²) in [5.41, 5.74) is 4.68. The zero-order chi connectivity index (χ0) is 23.9. The van der Waals surface area contributed by atoms with Crippen LogP contribution in [-0.4, -0.2) is 47.7 Å². The van der Waals surface area contributed by atoms with E-state index in [1.54, 1.807) is 24.0 Å². The summed E-state index contributed by atoms with van der Waals surface area (Å²) in [5.74, 6) is -0.753. The van der Waals surface area contributed by atoms with Crippen molar-refractivity contribution in [2.45, 2.75) is 39.7 Å². The van der Waals surface area contributed by atoms with Crippen LogP contribution in [0.4, 0.5) is 0 Å². The Morgan fingerprint density at radius 2 is 1.88 bits per heavy atom. The summed E-state index contributed by atoms with van der Waals surface area (Å²) in [5, 5.41) is 1.07. The highest BCUT2D eigenvalue weighted by atomic mass is 35.5. The smallest absolute Gasteiger partial charge is 0.340 e. The van der Waals surface area contributed by atoms with E-state index in [0.29, 0.717) is 34.5 Å². The molecule has 0 N–H and O–H groups in total. The van der Waals surface area contributed by atoms with Crippen LogP contribution in [0.5, 0.6) is 0 Å². The van der Waals surface area contributed by atoms with E-state index in [2.05, 4.69) is 0 Å². The maximum Gasteiger partial charge on any atom is 0.340 e. The molecule has 1 atom stereocenters. The third-order valence-corrected chi connectivity index (χ3v) is 6.62. The summed E-state index contributed by atoms with van der Waals surface area (Å²) in [6, 6.07) is 7.31. The summed E-state index contributed by atoms with van der Waals surface area (Å²) >= 11 is 12.4. The van der Waals surface area contributed by atoms with Crippen molar-refractivity contribution in [1.29, 1.82) is 0 Å². The van der Waals surface area contributed by atoms with Crippen molar-refractivity contribution in [2.24, 2.45) is 0 Å². The van der Waals surface area contributed by atoms with Gasteiger partial charge < -0.3 is 18.9 Å². The molecule has 174 valence electrons. The molecule has 1 aromatic heterocycles. The van der Waals surface area contributed by atoms with Gasteiger partial charge in [0.2, 0.25) is 0 Å². The van der Waals surface area contributed by atoms with Crippen molar-refractivity contribution < 1.29 is 19.1 Å². The number of methoxy groups -OCH3 is 1. The Bertz CT molecular complexity index is 1170. The summed E-state index contributed by atoms with van der Waals surface area (Å²) in [6.07, 6.45) is 3.60. The minimum Gasteiger partial charge on any atom is -0.465 e. The van der Waals surface area contributed by atoms with E-state index in [-0.39, 0.29) is 17.6 Å². The quantitative estimate of drug-likeness (QED) is 0.425. The molecule has 0 saturated carbocycles. The van der Waals surface area contributed by atoms with Crippen LogP contribution in [0.15, 0.2) is 41.1 Å². The Morgan fingerprint density at radius 3 is 2.48 bits per heavy atom. The molecule has 0 aliphatic carbocycles. The van der Waals surface area contributed by atoms with Gasteiger partial charge in [0.25, 0.3) is 5.91 Å². The molecular weight excluding hydrogens is 463 g/mol. The van der Waals surface area contributed by atoms with E-state index >= 15 is 0 Å². The number of ether oxygens (including phenoxy) is 2. The van der Waals surface area contributed by atoms with Gasteiger partial charge in [0, 0.05) is 39.4 Å². The number of halogens is 2. The van der Waals surface area contributed by atoms with Gasteiger partial charge in [-0.1, -0.05) is 23.2 Å². The molecule has 4 rings (SSSR count). The van der Waals surface area contributed by atoms with Gasteiger partial charge >= 0.3 is 5.97 Å². The van der Waals surface area contributed by atoms with Crippen molar-refractivity contribution in [3.8, 4) is 5.69 Å². The summed E-state index contributed by atoms with van der Waals surface area (Å²) in [7, 11) is 1.32. The molecule has 2 aliphatic heterocycles. The van der Waals surface area contributed by atoms with Crippen LogP contribution in [0.3, 0.4) is 0 Å². The number of hydrogen-bond acceptors (Lipinski definition) is 4. The van der Waals surface area contributed by atoms with Crippen LogP contribution < -0.4 is 0 Å². The van der Waals surface area contributed by atoms with Gasteiger partial charge in [0.1, 0.15) is 0 Å². The Labute approximate surface area is 203 Å². The van der Waals surface area contributed by atoms with E-state index in [4.69, 9.17) is 32.7 Å². The molecule has 8 heteroatoms. The molecule has 1 unspecified atom stereocenters. The molecule has 1 saturated heterocycles. The first-order valence-electron chi connectivity index (χ1n) is 10.8. The summed E-state index contributed by atoms with van der Waals surface area (Å²) in [6.45, 7) is 6.81. The van der Waals surface area contributed by atoms with Crippen molar-refractivity contribution in [3.63, 3.8) is 0 Å². The highest BCUT2D eigenvalue weighted by Gasteiger charge is 2.38. The first-order chi connectivity index (χ1) is 15.7. The fourth-order valence-corrected chi connectivity index (χ4v) is 5.11. The molecule has 33 heavy (non-hydrogen) atoms. The number of amides is 1. The van der Waals surface area contributed by atoms with Crippen LogP contribution in [0.2, 0.25) is 10.0 Å². The lowest BCUT2D eigenvalue weighted by Crippen LogP contribution is -2.33. The monoisotopic (exact) mass is 488 g/mol. The zero-order valence-electron chi connectivity index (χ0n) is 19.1. The number of hydrogen-bond donors (Lipinski definition) is 0. The first kappa shape index (κ1) is 23.6. The van der Waals surface area contributed by atoms with E-state index < -0.39 is 5.97 Å². The van der Waals surface area contributed by atoms with Gasteiger partial charge in [-0.05, 0) is 69.5 Å². The molecule has 0 radical (unpaired) electrons. The van der Waals surface area contributed by atoms with Crippen LogP contribution in [0.1, 0.15) is 36.7 Å². The molecule has 6 nitrogen and oxygen atoms in total. The Kier molecular flexibility index (Phi) is 6.71. The number of allylic oxidation sites excluding steroid dienone is 1. The van der Waals surface area contributed by atoms with Gasteiger partial charge in [-0.15, -0.1) is 0 Å². The second-order valence-corrected chi connectivity index (χ2v) is 9.22. The predicted molar refractivity (Wildman–Crippen MR) is 129 cm³/mol.